The van der Waals surface area contributed by atoms with Crippen LogP contribution >= 0.6 is 0 Å². The maximum Gasteiger partial charge on any atom is 0.291 e. The molecular formula is C21H22N2O3. The fourth-order valence-corrected chi connectivity index (χ4v) is 2.58. The summed E-state index contributed by atoms with van der Waals surface area (Å²) in [5, 5.41) is 5.67. The Labute approximate surface area is 153 Å². The summed E-state index contributed by atoms with van der Waals surface area (Å²) in [6, 6.07) is 14.5. The summed E-state index contributed by atoms with van der Waals surface area (Å²) in [7, 11) is 0. The van der Waals surface area contributed by atoms with Crippen LogP contribution in [0.4, 0.5) is 5.69 Å². The average Bonchev–Trinajstić information content (AvgIpc) is 2.62. The number of ether oxygens (including phenoxy) is 1. The molecule has 5 nitrogen and oxygen atoms in total. The first-order valence-electron chi connectivity index (χ1n) is 8.71. The fourth-order valence-electron chi connectivity index (χ4n) is 2.58. The lowest BCUT2D eigenvalue weighted by atomic mass is 10.1. The van der Waals surface area contributed by atoms with Crippen LogP contribution in [0, 0.1) is 5.92 Å². The summed E-state index contributed by atoms with van der Waals surface area (Å²) >= 11 is 0. The molecule has 0 saturated heterocycles. The van der Waals surface area contributed by atoms with Gasteiger partial charge in [-0.05, 0) is 42.2 Å². The van der Waals surface area contributed by atoms with Gasteiger partial charge in [-0.1, -0.05) is 44.2 Å². The van der Waals surface area contributed by atoms with Gasteiger partial charge in [-0.15, -0.1) is 0 Å². The molecule has 2 amide bonds. The van der Waals surface area contributed by atoms with Crippen molar-refractivity contribution in [1.82, 2.24) is 5.32 Å². The molecule has 3 rings (SSSR count). The van der Waals surface area contributed by atoms with Crippen molar-refractivity contribution in [2.24, 2.45) is 5.92 Å². The van der Waals surface area contributed by atoms with Crippen LogP contribution in [-0.4, -0.2) is 18.4 Å². The van der Waals surface area contributed by atoms with Gasteiger partial charge in [0.15, 0.2) is 11.5 Å². The average molecular weight is 350 g/mol. The second kappa shape index (κ2) is 7.87. The van der Waals surface area contributed by atoms with Crippen LogP contribution in [0.15, 0.2) is 54.3 Å². The maximum absolute atomic E-state index is 12.3. The Morgan fingerprint density at radius 2 is 1.96 bits per heavy atom. The van der Waals surface area contributed by atoms with Crippen LogP contribution in [0.25, 0.3) is 6.08 Å². The van der Waals surface area contributed by atoms with Crippen molar-refractivity contribution in [3.63, 3.8) is 0 Å². The van der Waals surface area contributed by atoms with E-state index in [4.69, 9.17) is 4.74 Å². The quantitative estimate of drug-likeness (QED) is 0.805. The zero-order valence-electron chi connectivity index (χ0n) is 14.9. The molecule has 5 heteroatoms. The van der Waals surface area contributed by atoms with Crippen molar-refractivity contribution >= 4 is 23.6 Å². The van der Waals surface area contributed by atoms with Crippen LogP contribution in [0.1, 0.15) is 36.2 Å². The molecule has 2 N–H and O–H groups in total. The van der Waals surface area contributed by atoms with Gasteiger partial charge in [-0.3, -0.25) is 9.59 Å². The van der Waals surface area contributed by atoms with Crippen LogP contribution < -0.4 is 15.4 Å². The van der Waals surface area contributed by atoms with Gasteiger partial charge in [0.25, 0.3) is 11.8 Å². The van der Waals surface area contributed by atoms with Crippen molar-refractivity contribution in [1.29, 1.82) is 0 Å². The highest BCUT2D eigenvalue weighted by Gasteiger charge is 2.23. The number of fused-ring (bicyclic) bond motifs is 1. The van der Waals surface area contributed by atoms with E-state index in [1.807, 2.05) is 30.3 Å². The van der Waals surface area contributed by atoms with Gasteiger partial charge in [-0.2, -0.15) is 0 Å². The van der Waals surface area contributed by atoms with Crippen LogP contribution in [0.5, 0.6) is 5.75 Å². The Morgan fingerprint density at radius 1 is 1.19 bits per heavy atom. The smallest absolute Gasteiger partial charge is 0.291 e. The van der Waals surface area contributed by atoms with E-state index in [1.54, 1.807) is 24.3 Å². The van der Waals surface area contributed by atoms with Gasteiger partial charge in [0, 0.05) is 12.1 Å². The van der Waals surface area contributed by atoms with E-state index in [2.05, 4.69) is 24.5 Å². The minimum atomic E-state index is -0.335. The van der Waals surface area contributed by atoms with Crippen molar-refractivity contribution in [2.45, 2.75) is 20.3 Å². The molecule has 2 aromatic carbocycles. The molecule has 0 saturated carbocycles. The third kappa shape index (κ3) is 4.30. The summed E-state index contributed by atoms with van der Waals surface area (Å²) in [5.74, 6) is 0.775. The monoisotopic (exact) mass is 350 g/mol. The number of amides is 2. The second-order valence-electron chi connectivity index (χ2n) is 6.62. The summed E-state index contributed by atoms with van der Waals surface area (Å²) < 4.78 is 5.71. The predicted molar refractivity (Wildman–Crippen MR) is 102 cm³/mol. The first-order chi connectivity index (χ1) is 12.5. The fraction of sp³-hybridized carbons (Fsp3) is 0.238. The molecule has 0 unspecified atom stereocenters. The molecule has 0 fully saturated rings. The molecule has 2 aromatic rings. The largest absolute Gasteiger partial charge is 0.449 e. The summed E-state index contributed by atoms with van der Waals surface area (Å²) in [6.45, 7) is 4.84. The maximum atomic E-state index is 12.3. The van der Waals surface area contributed by atoms with Gasteiger partial charge in [0.1, 0.15) is 0 Å². The molecule has 0 bridgehead atoms. The van der Waals surface area contributed by atoms with Crippen LogP contribution in [-0.2, 0) is 4.79 Å². The van der Waals surface area contributed by atoms with Crippen molar-refractivity contribution < 1.29 is 14.3 Å². The molecule has 0 radical (unpaired) electrons. The molecular weight excluding hydrogens is 328 g/mol. The number of hydrogen-bond acceptors (Lipinski definition) is 3. The molecule has 1 heterocycles. The van der Waals surface area contributed by atoms with Gasteiger partial charge in [0.05, 0.1) is 5.69 Å². The third-order valence-corrected chi connectivity index (χ3v) is 4.04. The summed E-state index contributed by atoms with van der Waals surface area (Å²) in [5.41, 5.74) is 1.87. The first-order valence-corrected chi connectivity index (χ1v) is 8.71. The number of anilines is 1. The van der Waals surface area contributed by atoms with E-state index in [-0.39, 0.29) is 17.6 Å². The molecule has 0 atom stereocenters. The lowest BCUT2D eigenvalue weighted by Crippen LogP contribution is -2.27. The van der Waals surface area contributed by atoms with Gasteiger partial charge in [-0.25, -0.2) is 0 Å². The zero-order valence-corrected chi connectivity index (χ0v) is 14.9. The zero-order chi connectivity index (χ0) is 18.5. The molecule has 134 valence electrons. The number of rotatable bonds is 5. The number of carbonyl (C=O) groups is 2. The van der Waals surface area contributed by atoms with E-state index >= 15 is 0 Å². The van der Waals surface area contributed by atoms with Crippen molar-refractivity contribution in [3.8, 4) is 5.75 Å². The van der Waals surface area contributed by atoms with E-state index in [0.717, 1.165) is 12.0 Å². The van der Waals surface area contributed by atoms with Crippen molar-refractivity contribution in [3.05, 3.63) is 65.4 Å². The molecule has 1 aliphatic rings. The highest BCUT2D eigenvalue weighted by Crippen LogP contribution is 2.32. The highest BCUT2D eigenvalue weighted by atomic mass is 16.5. The normalized spacial score (nSPS) is 14.6. The Kier molecular flexibility index (Phi) is 5.37. The number of hydrogen-bond donors (Lipinski definition) is 2. The summed E-state index contributed by atoms with van der Waals surface area (Å²) in [4.78, 5) is 24.5. The summed E-state index contributed by atoms with van der Waals surface area (Å²) in [6.07, 6.45) is 2.61. The van der Waals surface area contributed by atoms with Crippen molar-refractivity contribution in [2.75, 3.05) is 11.9 Å². The molecule has 0 aromatic heterocycles. The topological polar surface area (TPSA) is 67.4 Å². The van der Waals surface area contributed by atoms with Crippen LogP contribution in [0.3, 0.4) is 0 Å². The number of benzene rings is 2. The standard InChI is InChI=1S/C21H22N2O3/c1-14(2)10-11-22-20(24)16-8-9-18-17(13-16)23-21(25)19(26-18)12-15-6-4-3-5-7-15/h3-9,12-14H,10-11H2,1-2H3,(H,22,24)(H,23,25)/b19-12-. The second-order valence-corrected chi connectivity index (χ2v) is 6.62. The van der Waals surface area contributed by atoms with Crippen LogP contribution in [0.2, 0.25) is 0 Å². The lowest BCUT2D eigenvalue weighted by Gasteiger charge is -2.20. The molecule has 1 aliphatic heterocycles. The Bertz CT molecular complexity index is 842. The molecule has 0 aliphatic carbocycles. The van der Waals surface area contributed by atoms with Gasteiger partial charge in [0.2, 0.25) is 0 Å². The highest BCUT2D eigenvalue weighted by molar-refractivity contribution is 6.09. The first kappa shape index (κ1) is 17.7. The third-order valence-electron chi connectivity index (χ3n) is 4.04. The van der Waals surface area contributed by atoms with E-state index in [1.165, 1.54) is 0 Å². The number of nitrogens with one attached hydrogen (secondary N) is 2. The minimum absolute atomic E-state index is 0.159. The van der Waals surface area contributed by atoms with E-state index < -0.39 is 0 Å². The predicted octanol–water partition coefficient (Wildman–Crippen LogP) is 3.83. The van der Waals surface area contributed by atoms with E-state index in [0.29, 0.717) is 29.5 Å². The molecule has 26 heavy (non-hydrogen) atoms. The lowest BCUT2D eigenvalue weighted by molar-refractivity contribution is -0.115. The van der Waals surface area contributed by atoms with Gasteiger partial charge >= 0.3 is 0 Å². The SMILES string of the molecule is CC(C)CCNC(=O)c1ccc2c(c1)NC(=O)/C(=C/c1ccccc1)O2. The minimum Gasteiger partial charge on any atom is -0.449 e. The number of carbonyl (C=O) groups excluding carboxylic acids is 2. The molecule has 0 spiro atoms. The Balaban J connectivity index is 1.74. The Morgan fingerprint density at radius 3 is 2.69 bits per heavy atom. The van der Waals surface area contributed by atoms with E-state index in [9.17, 15) is 9.59 Å². The Hall–Kier alpha value is -3.08. The van der Waals surface area contributed by atoms with Gasteiger partial charge < -0.3 is 15.4 Å².